The fourth-order valence-corrected chi connectivity index (χ4v) is 3.07. The molecule has 0 aliphatic rings. The second-order valence-corrected chi connectivity index (χ2v) is 8.11. The van der Waals surface area contributed by atoms with Crippen LogP contribution in [0.25, 0.3) is 0 Å². The summed E-state index contributed by atoms with van der Waals surface area (Å²) in [7, 11) is -0.345. The minimum atomic E-state index is -3.39. The molecule has 27 heavy (non-hydrogen) atoms. The molecule has 0 saturated carbocycles. The van der Waals surface area contributed by atoms with Gasteiger partial charge in [-0.15, -0.1) is 24.0 Å². The monoisotopic (exact) mass is 512 g/mol. The van der Waals surface area contributed by atoms with Gasteiger partial charge in [0.25, 0.3) is 0 Å². The molecule has 0 radical (unpaired) electrons. The van der Waals surface area contributed by atoms with Crippen LogP contribution in [0.3, 0.4) is 0 Å². The van der Waals surface area contributed by atoms with Crippen LogP contribution in [0.4, 0.5) is 0 Å². The zero-order chi connectivity index (χ0) is 19.4. The van der Waals surface area contributed by atoms with Gasteiger partial charge in [-0.05, 0) is 44.4 Å². The topological polar surface area (TPSA) is 83.0 Å². The zero-order valence-corrected chi connectivity index (χ0v) is 19.8. The van der Waals surface area contributed by atoms with Crippen LogP contribution >= 0.6 is 24.0 Å². The summed E-state index contributed by atoms with van der Waals surface area (Å²) in [5.41, 5.74) is 0.955. The summed E-state index contributed by atoms with van der Waals surface area (Å²) in [6, 6.07) is 6.83. The van der Waals surface area contributed by atoms with Crippen LogP contribution in [0, 0.1) is 0 Å². The molecule has 1 aromatic rings. The van der Waals surface area contributed by atoms with Gasteiger partial charge in [-0.2, -0.15) is 0 Å². The third-order valence-electron chi connectivity index (χ3n) is 3.68. The smallest absolute Gasteiger partial charge is 0.242 e. The van der Waals surface area contributed by atoms with E-state index in [1.165, 1.54) is 18.4 Å². The predicted octanol–water partition coefficient (Wildman–Crippen LogP) is 2.43. The number of nitrogens with zero attached hydrogens (tertiary/aromatic N) is 2. The molecule has 0 saturated heterocycles. The summed E-state index contributed by atoms with van der Waals surface area (Å²) in [4.78, 5) is 4.83. The van der Waals surface area contributed by atoms with E-state index in [0.29, 0.717) is 6.54 Å². The summed E-state index contributed by atoms with van der Waals surface area (Å²) in [5, 5.41) is 6.51. The molecule has 2 N–H and O–H groups in total. The number of guanidine groups is 1. The van der Waals surface area contributed by atoms with Crippen molar-refractivity contribution in [3.8, 4) is 0 Å². The van der Waals surface area contributed by atoms with E-state index in [1.54, 1.807) is 24.3 Å². The number of benzene rings is 1. The van der Waals surface area contributed by atoms with E-state index in [1.807, 2.05) is 13.8 Å². The maximum absolute atomic E-state index is 12.1. The molecule has 0 bridgehead atoms. The molecule has 0 aliphatic carbocycles. The minimum absolute atomic E-state index is 0. The first-order valence-corrected chi connectivity index (χ1v) is 10.5. The molecule has 0 spiro atoms. The van der Waals surface area contributed by atoms with Gasteiger partial charge in [0, 0.05) is 40.4 Å². The zero-order valence-electron chi connectivity index (χ0n) is 16.7. The Hall–Kier alpha value is -0.910. The molecule has 0 heterocycles. The molecule has 7 nitrogen and oxygen atoms in total. The minimum Gasteiger partial charge on any atom is -0.382 e. The Morgan fingerprint density at radius 2 is 1.78 bits per heavy atom. The lowest BCUT2D eigenvalue weighted by molar-refractivity contribution is 0.143. The van der Waals surface area contributed by atoms with Crippen molar-refractivity contribution in [2.75, 3.05) is 40.4 Å². The van der Waals surface area contributed by atoms with Crippen LogP contribution in [0.1, 0.15) is 32.3 Å². The van der Waals surface area contributed by atoms with Crippen LogP contribution in [0.15, 0.2) is 34.2 Å². The van der Waals surface area contributed by atoms with Crippen molar-refractivity contribution in [3.63, 3.8) is 0 Å². The largest absolute Gasteiger partial charge is 0.382 e. The van der Waals surface area contributed by atoms with Gasteiger partial charge in [0.2, 0.25) is 10.0 Å². The second kappa shape index (κ2) is 14.1. The van der Waals surface area contributed by atoms with E-state index in [0.717, 1.165) is 50.7 Å². The van der Waals surface area contributed by atoms with E-state index >= 15 is 0 Å². The number of ether oxygens (including phenoxy) is 1. The highest BCUT2D eigenvalue weighted by Crippen LogP contribution is 2.14. The highest BCUT2D eigenvalue weighted by atomic mass is 127. The fourth-order valence-electron chi connectivity index (χ4n) is 2.17. The van der Waals surface area contributed by atoms with E-state index < -0.39 is 10.0 Å². The van der Waals surface area contributed by atoms with Gasteiger partial charge in [-0.25, -0.2) is 17.7 Å². The number of nitrogens with one attached hydrogen (secondary N) is 2. The first-order chi connectivity index (χ1) is 12.4. The molecule has 1 rings (SSSR count). The molecule has 0 atom stereocenters. The molecule has 0 aliphatic heterocycles. The number of sulfonamides is 1. The second-order valence-electron chi connectivity index (χ2n) is 5.96. The standard InChI is InChI=1S/C18H32N4O3S.HI/c1-5-19-18(20-13-7-8-14-25-6-2)21-15-16-9-11-17(12-10-16)26(23,24)22(3)4;/h9-12H,5-8,13-15H2,1-4H3,(H2,19,20,21);1H. The maximum atomic E-state index is 12.1. The molecule has 156 valence electrons. The lowest BCUT2D eigenvalue weighted by Gasteiger charge is -2.12. The van der Waals surface area contributed by atoms with Crippen LogP contribution in [0.2, 0.25) is 0 Å². The van der Waals surface area contributed by atoms with Crippen LogP contribution < -0.4 is 10.6 Å². The fraction of sp³-hybridized carbons (Fsp3) is 0.611. The number of aliphatic imine (C=N–C) groups is 1. The summed E-state index contributed by atoms with van der Waals surface area (Å²) >= 11 is 0. The third-order valence-corrected chi connectivity index (χ3v) is 5.51. The number of hydrogen-bond donors (Lipinski definition) is 2. The van der Waals surface area contributed by atoms with Gasteiger partial charge in [0.1, 0.15) is 0 Å². The summed E-state index contributed by atoms with van der Waals surface area (Å²) in [6.45, 7) is 7.66. The van der Waals surface area contributed by atoms with Gasteiger partial charge in [-0.1, -0.05) is 12.1 Å². The number of rotatable bonds is 11. The van der Waals surface area contributed by atoms with Crippen molar-refractivity contribution in [1.82, 2.24) is 14.9 Å². The Morgan fingerprint density at radius 1 is 1.11 bits per heavy atom. The SMILES string of the molecule is CCNC(=NCc1ccc(S(=O)(=O)N(C)C)cc1)NCCCCOCC.I. The quantitative estimate of drug-likeness (QED) is 0.206. The van der Waals surface area contributed by atoms with Gasteiger partial charge in [0.05, 0.1) is 11.4 Å². The van der Waals surface area contributed by atoms with Crippen molar-refractivity contribution >= 4 is 40.0 Å². The highest BCUT2D eigenvalue weighted by molar-refractivity contribution is 14.0. The van der Waals surface area contributed by atoms with E-state index in [9.17, 15) is 8.42 Å². The maximum Gasteiger partial charge on any atom is 0.242 e. The van der Waals surface area contributed by atoms with Crippen LogP contribution in [-0.2, 0) is 21.3 Å². The summed E-state index contributed by atoms with van der Waals surface area (Å²) in [6.07, 6.45) is 2.03. The third kappa shape index (κ3) is 9.72. The normalized spacial score (nSPS) is 12.0. The Balaban J connectivity index is 0.00000676. The molecule has 0 amide bonds. The van der Waals surface area contributed by atoms with E-state index in [-0.39, 0.29) is 28.9 Å². The van der Waals surface area contributed by atoms with Crippen LogP contribution in [0.5, 0.6) is 0 Å². The van der Waals surface area contributed by atoms with Gasteiger partial charge < -0.3 is 15.4 Å². The molecule has 0 fully saturated rings. The van der Waals surface area contributed by atoms with E-state index in [4.69, 9.17) is 4.74 Å². The number of hydrogen-bond acceptors (Lipinski definition) is 4. The molecule has 1 aromatic carbocycles. The molecular formula is C18H33IN4O3S. The summed E-state index contributed by atoms with van der Waals surface area (Å²) < 4.78 is 30.7. The average molecular weight is 512 g/mol. The first kappa shape index (κ1) is 26.1. The Morgan fingerprint density at radius 3 is 2.33 bits per heavy atom. The van der Waals surface area contributed by atoms with Crippen molar-refractivity contribution < 1.29 is 13.2 Å². The van der Waals surface area contributed by atoms with E-state index in [2.05, 4.69) is 15.6 Å². The highest BCUT2D eigenvalue weighted by Gasteiger charge is 2.16. The molecule has 0 aromatic heterocycles. The Bertz CT molecular complexity index is 649. The first-order valence-electron chi connectivity index (χ1n) is 9.03. The van der Waals surface area contributed by atoms with Gasteiger partial charge in [-0.3, -0.25) is 0 Å². The number of halogens is 1. The van der Waals surface area contributed by atoms with Crippen LogP contribution in [-0.4, -0.2) is 59.1 Å². The lowest BCUT2D eigenvalue weighted by atomic mass is 10.2. The average Bonchev–Trinajstić information content (AvgIpc) is 2.62. The van der Waals surface area contributed by atoms with Gasteiger partial charge in [0.15, 0.2) is 5.96 Å². The van der Waals surface area contributed by atoms with Crippen molar-refractivity contribution in [3.05, 3.63) is 29.8 Å². The van der Waals surface area contributed by atoms with Crippen molar-refractivity contribution in [2.45, 2.75) is 38.1 Å². The molecule has 0 unspecified atom stereocenters. The Kier molecular flexibility index (Phi) is 13.7. The summed E-state index contributed by atoms with van der Waals surface area (Å²) in [5.74, 6) is 0.758. The molecule has 9 heteroatoms. The Labute approximate surface area is 181 Å². The molecular weight excluding hydrogens is 479 g/mol. The van der Waals surface area contributed by atoms with Crippen molar-refractivity contribution in [2.24, 2.45) is 4.99 Å². The lowest BCUT2D eigenvalue weighted by Crippen LogP contribution is -2.37. The van der Waals surface area contributed by atoms with Crippen molar-refractivity contribution in [1.29, 1.82) is 0 Å². The number of unbranched alkanes of at least 4 members (excludes halogenated alkanes) is 1. The predicted molar refractivity (Wildman–Crippen MR) is 121 cm³/mol. The van der Waals surface area contributed by atoms with Gasteiger partial charge >= 0.3 is 0 Å².